The Labute approximate surface area is 137 Å². The molecule has 1 N–H and O–H groups in total. The largest absolute Gasteiger partial charge is 0.504 e. The Kier molecular flexibility index (Phi) is 5.78. The first-order chi connectivity index (χ1) is 11.5. The molecule has 6 heteroatoms. The quantitative estimate of drug-likeness (QED) is 0.503. The highest BCUT2D eigenvalue weighted by atomic mass is 19.1. The third-order valence-electron chi connectivity index (χ3n) is 3.28. The molecular formula is C18H15F2NO3. The van der Waals surface area contributed by atoms with E-state index in [-0.39, 0.29) is 19.4 Å². The van der Waals surface area contributed by atoms with Gasteiger partial charge in [-0.3, -0.25) is 9.59 Å². The number of amides is 1. The molecule has 0 aliphatic heterocycles. The maximum atomic E-state index is 13.0. The molecule has 0 heterocycles. The van der Waals surface area contributed by atoms with Crippen molar-refractivity contribution >= 4 is 12.2 Å². The monoisotopic (exact) mass is 331 g/mol. The molecule has 2 rings (SSSR count). The molecule has 2 aromatic rings. The molecule has 1 amide bonds. The second-order valence-electron chi connectivity index (χ2n) is 5.13. The van der Waals surface area contributed by atoms with Crippen LogP contribution in [0, 0.1) is 11.6 Å². The molecule has 0 aliphatic rings. The number of rotatable bonds is 6. The van der Waals surface area contributed by atoms with Gasteiger partial charge in [-0.2, -0.15) is 0 Å². The Balaban J connectivity index is 2.22. The first-order valence-corrected chi connectivity index (χ1v) is 7.11. The van der Waals surface area contributed by atoms with E-state index in [9.17, 15) is 23.5 Å². The standard InChI is InChI=1S/C18H15F2NO3/c19-15-5-1-13(2-6-15)10-21(18(24)9-17(23)12-22)11-14-3-7-16(20)8-4-14/h1-9,12,23H,10-11H2. The van der Waals surface area contributed by atoms with E-state index in [0.29, 0.717) is 11.1 Å². The van der Waals surface area contributed by atoms with E-state index in [2.05, 4.69) is 0 Å². The van der Waals surface area contributed by atoms with Gasteiger partial charge in [0.1, 0.15) is 11.6 Å². The Bertz CT molecular complexity index is 692. The molecule has 0 atom stereocenters. The normalized spacial score (nSPS) is 11.2. The molecule has 0 aromatic heterocycles. The number of aldehydes is 1. The third kappa shape index (κ3) is 5.01. The van der Waals surface area contributed by atoms with Crippen molar-refractivity contribution in [3.05, 3.63) is 83.1 Å². The Morgan fingerprint density at radius 2 is 1.33 bits per heavy atom. The number of hydrogen-bond acceptors (Lipinski definition) is 3. The van der Waals surface area contributed by atoms with E-state index >= 15 is 0 Å². The number of allylic oxidation sites excluding steroid dienone is 1. The van der Waals surface area contributed by atoms with Crippen LogP contribution in [0.25, 0.3) is 0 Å². The van der Waals surface area contributed by atoms with Gasteiger partial charge < -0.3 is 10.0 Å². The van der Waals surface area contributed by atoms with Crippen molar-refractivity contribution in [2.24, 2.45) is 0 Å². The number of carbonyl (C=O) groups excluding carboxylic acids is 2. The molecular weight excluding hydrogens is 316 g/mol. The number of carbonyl (C=O) groups is 2. The number of hydrogen-bond donors (Lipinski definition) is 1. The summed E-state index contributed by atoms with van der Waals surface area (Å²) in [6.07, 6.45) is 0.964. The van der Waals surface area contributed by atoms with Gasteiger partial charge in [-0.1, -0.05) is 24.3 Å². The second kappa shape index (κ2) is 8.01. The SMILES string of the molecule is O=CC(O)=CC(=O)N(Cc1ccc(F)cc1)Cc1ccc(F)cc1. The zero-order chi connectivity index (χ0) is 17.5. The van der Waals surface area contributed by atoms with Gasteiger partial charge in [0.05, 0.1) is 0 Å². The predicted molar refractivity (Wildman–Crippen MR) is 83.8 cm³/mol. The van der Waals surface area contributed by atoms with Crippen LogP contribution in [-0.4, -0.2) is 22.2 Å². The Hall–Kier alpha value is -3.02. The third-order valence-corrected chi connectivity index (χ3v) is 3.28. The van der Waals surface area contributed by atoms with E-state index in [1.165, 1.54) is 53.4 Å². The van der Waals surface area contributed by atoms with Crippen LogP contribution in [0.4, 0.5) is 8.78 Å². The van der Waals surface area contributed by atoms with Crippen LogP contribution in [0.5, 0.6) is 0 Å². The lowest BCUT2D eigenvalue weighted by atomic mass is 10.1. The molecule has 0 bridgehead atoms. The highest BCUT2D eigenvalue weighted by Gasteiger charge is 2.14. The van der Waals surface area contributed by atoms with Crippen LogP contribution < -0.4 is 0 Å². The fraction of sp³-hybridized carbons (Fsp3) is 0.111. The summed E-state index contributed by atoms with van der Waals surface area (Å²) in [6, 6.07) is 11.2. The van der Waals surface area contributed by atoms with Crippen LogP contribution in [0.3, 0.4) is 0 Å². The molecule has 0 spiro atoms. The number of benzene rings is 2. The van der Waals surface area contributed by atoms with Crippen molar-refractivity contribution in [2.45, 2.75) is 13.1 Å². The van der Waals surface area contributed by atoms with Crippen molar-refractivity contribution in [1.82, 2.24) is 4.90 Å². The molecule has 0 radical (unpaired) electrons. The first kappa shape index (κ1) is 17.3. The molecule has 4 nitrogen and oxygen atoms in total. The fourth-order valence-corrected chi connectivity index (χ4v) is 2.08. The maximum absolute atomic E-state index is 13.0. The Morgan fingerprint density at radius 3 is 1.71 bits per heavy atom. The Morgan fingerprint density at radius 1 is 0.917 bits per heavy atom. The summed E-state index contributed by atoms with van der Waals surface area (Å²) < 4.78 is 26.0. The molecule has 124 valence electrons. The van der Waals surface area contributed by atoms with E-state index in [1.54, 1.807) is 0 Å². The van der Waals surface area contributed by atoms with Crippen LogP contribution >= 0.6 is 0 Å². The van der Waals surface area contributed by atoms with Gasteiger partial charge >= 0.3 is 0 Å². The van der Waals surface area contributed by atoms with E-state index in [4.69, 9.17) is 0 Å². The molecule has 24 heavy (non-hydrogen) atoms. The van der Waals surface area contributed by atoms with Crippen molar-refractivity contribution in [3.63, 3.8) is 0 Å². The van der Waals surface area contributed by atoms with E-state index < -0.39 is 23.3 Å². The number of aliphatic hydroxyl groups excluding tert-OH is 1. The van der Waals surface area contributed by atoms with Crippen LogP contribution in [-0.2, 0) is 22.7 Å². The van der Waals surface area contributed by atoms with Crippen LogP contribution in [0.2, 0.25) is 0 Å². The highest BCUT2D eigenvalue weighted by molar-refractivity contribution is 5.92. The summed E-state index contributed by atoms with van der Waals surface area (Å²) in [5, 5.41) is 9.23. The summed E-state index contributed by atoms with van der Waals surface area (Å²) in [5.41, 5.74) is 1.34. The van der Waals surface area contributed by atoms with E-state index in [0.717, 1.165) is 6.08 Å². The average Bonchev–Trinajstić information content (AvgIpc) is 2.58. The number of halogens is 2. The number of nitrogens with zero attached hydrogens (tertiary/aromatic N) is 1. The summed E-state index contributed by atoms with van der Waals surface area (Å²) in [5.74, 6) is -2.07. The van der Waals surface area contributed by atoms with Crippen LogP contribution in [0.15, 0.2) is 60.4 Å². The van der Waals surface area contributed by atoms with Crippen molar-refractivity contribution in [2.75, 3.05) is 0 Å². The summed E-state index contributed by atoms with van der Waals surface area (Å²) in [7, 11) is 0. The number of aliphatic hydroxyl groups is 1. The molecule has 0 unspecified atom stereocenters. The molecule has 0 saturated carbocycles. The first-order valence-electron chi connectivity index (χ1n) is 7.11. The van der Waals surface area contributed by atoms with Gasteiger partial charge in [0, 0.05) is 19.2 Å². The van der Waals surface area contributed by atoms with Gasteiger partial charge in [0.25, 0.3) is 5.91 Å². The minimum Gasteiger partial charge on any atom is -0.504 e. The van der Waals surface area contributed by atoms with Crippen molar-refractivity contribution < 1.29 is 23.5 Å². The lowest BCUT2D eigenvalue weighted by Gasteiger charge is -2.21. The topological polar surface area (TPSA) is 57.6 Å². The van der Waals surface area contributed by atoms with Crippen molar-refractivity contribution in [1.29, 1.82) is 0 Å². The summed E-state index contributed by atoms with van der Waals surface area (Å²) >= 11 is 0. The fourth-order valence-electron chi connectivity index (χ4n) is 2.08. The zero-order valence-corrected chi connectivity index (χ0v) is 12.7. The molecule has 0 saturated heterocycles. The van der Waals surface area contributed by atoms with Gasteiger partial charge in [-0.05, 0) is 35.4 Å². The van der Waals surface area contributed by atoms with Gasteiger partial charge in [0.15, 0.2) is 12.0 Å². The smallest absolute Gasteiger partial charge is 0.250 e. The maximum Gasteiger partial charge on any atom is 0.250 e. The summed E-state index contributed by atoms with van der Waals surface area (Å²) in [6.45, 7) is 0.276. The van der Waals surface area contributed by atoms with Gasteiger partial charge in [0.2, 0.25) is 0 Å². The second-order valence-corrected chi connectivity index (χ2v) is 5.13. The zero-order valence-electron chi connectivity index (χ0n) is 12.7. The lowest BCUT2D eigenvalue weighted by molar-refractivity contribution is -0.127. The summed E-state index contributed by atoms with van der Waals surface area (Å²) in [4.78, 5) is 24.1. The van der Waals surface area contributed by atoms with Gasteiger partial charge in [-0.25, -0.2) is 8.78 Å². The van der Waals surface area contributed by atoms with E-state index in [1.807, 2.05) is 0 Å². The predicted octanol–water partition coefficient (Wildman–Crippen LogP) is 3.13. The molecule has 0 aliphatic carbocycles. The van der Waals surface area contributed by atoms with Crippen molar-refractivity contribution in [3.8, 4) is 0 Å². The molecule has 0 fully saturated rings. The van der Waals surface area contributed by atoms with Gasteiger partial charge in [-0.15, -0.1) is 0 Å². The molecule has 2 aromatic carbocycles. The highest BCUT2D eigenvalue weighted by Crippen LogP contribution is 2.13. The minimum atomic E-state index is -0.691. The minimum absolute atomic E-state index is 0.138. The average molecular weight is 331 g/mol. The lowest BCUT2D eigenvalue weighted by Crippen LogP contribution is -2.29. The van der Waals surface area contributed by atoms with Crippen LogP contribution in [0.1, 0.15) is 11.1 Å².